The van der Waals surface area contributed by atoms with Crippen molar-refractivity contribution in [3.63, 3.8) is 0 Å². The Morgan fingerprint density at radius 2 is 2.20 bits per heavy atom. The smallest absolute Gasteiger partial charge is 0.318 e. The van der Waals surface area contributed by atoms with Gasteiger partial charge in [0.05, 0.1) is 17.1 Å². The minimum atomic E-state index is -3.82. The van der Waals surface area contributed by atoms with Crippen molar-refractivity contribution in [2.75, 3.05) is 38.7 Å². The van der Waals surface area contributed by atoms with Crippen LogP contribution in [0.25, 0.3) is 0 Å². The number of carboxylic acid groups (broad SMARTS) is 1. The predicted molar refractivity (Wildman–Crippen MR) is 72.7 cm³/mol. The van der Waals surface area contributed by atoms with Crippen molar-refractivity contribution < 1.29 is 23.1 Å². The van der Waals surface area contributed by atoms with E-state index in [0.29, 0.717) is 24.6 Å². The Bertz CT molecular complexity index is 629. The molecule has 0 amide bonds. The Morgan fingerprint density at radius 1 is 1.50 bits per heavy atom. The van der Waals surface area contributed by atoms with Crippen molar-refractivity contribution in [1.82, 2.24) is 4.31 Å². The second-order valence-corrected chi connectivity index (χ2v) is 6.60. The number of anilines is 1. The number of fused-ring (bicyclic) bond motifs is 1. The number of carbonyl (C=O) groups is 1. The van der Waals surface area contributed by atoms with Crippen LogP contribution in [0.1, 0.15) is 0 Å². The van der Waals surface area contributed by atoms with E-state index in [4.69, 9.17) is 9.84 Å². The lowest BCUT2D eigenvalue weighted by Crippen LogP contribution is -2.33. The predicted octanol–water partition coefficient (Wildman–Crippen LogP) is 0.220. The number of ether oxygens (including phenoxy) is 1. The molecule has 0 unspecified atom stereocenters. The van der Waals surface area contributed by atoms with Crippen LogP contribution >= 0.6 is 0 Å². The summed E-state index contributed by atoms with van der Waals surface area (Å²) in [6.07, 6.45) is 0. The highest BCUT2D eigenvalue weighted by Gasteiger charge is 2.25. The van der Waals surface area contributed by atoms with Crippen molar-refractivity contribution in [3.05, 3.63) is 18.2 Å². The van der Waals surface area contributed by atoms with Gasteiger partial charge >= 0.3 is 5.97 Å². The average Bonchev–Trinajstić information content (AvgIpc) is 2.38. The first-order valence-electron chi connectivity index (χ1n) is 5.98. The van der Waals surface area contributed by atoms with Crippen molar-refractivity contribution in [3.8, 4) is 5.75 Å². The lowest BCUT2D eigenvalue weighted by molar-refractivity contribution is -0.137. The first-order chi connectivity index (χ1) is 9.32. The zero-order valence-corrected chi connectivity index (χ0v) is 12.1. The summed E-state index contributed by atoms with van der Waals surface area (Å²) >= 11 is 0. The average molecular weight is 300 g/mol. The normalized spacial score (nSPS) is 14.8. The van der Waals surface area contributed by atoms with Crippen LogP contribution < -0.4 is 9.64 Å². The number of hydrogen-bond donors (Lipinski definition) is 1. The molecule has 0 saturated carbocycles. The largest absolute Gasteiger partial charge is 0.490 e. The molecule has 1 N–H and O–H groups in total. The van der Waals surface area contributed by atoms with Gasteiger partial charge in [0.1, 0.15) is 18.9 Å². The third-order valence-corrected chi connectivity index (χ3v) is 4.89. The Kier molecular flexibility index (Phi) is 3.87. The van der Waals surface area contributed by atoms with E-state index in [1.165, 1.54) is 19.2 Å². The summed E-state index contributed by atoms with van der Waals surface area (Å²) in [7, 11) is -0.736. The van der Waals surface area contributed by atoms with Crippen molar-refractivity contribution in [2.24, 2.45) is 0 Å². The number of benzene rings is 1. The van der Waals surface area contributed by atoms with Crippen molar-refractivity contribution in [2.45, 2.75) is 4.90 Å². The maximum atomic E-state index is 12.3. The number of sulfonamides is 1. The van der Waals surface area contributed by atoms with Crippen LogP contribution in [0.5, 0.6) is 5.75 Å². The molecule has 8 heteroatoms. The quantitative estimate of drug-likeness (QED) is 0.856. The topological polar surface area (TPSA) is 87.2 Å². The van der Waals surface area contributed by atoms with Gasteiger partial charge in [0.25, 0.3) is 0 Å². The van der Waals surface area contributed by atoms with E-state index in [1.807, 2.05) is 11.9 Å². The first kappa shape index (κ1) is 14.6. The monoisotopic (exact) mass is 300 g/mol. The number of rotatable bonds is 4. The molecule has 0 atom stereocenters. The molecule has 2 rings (SSSR count). The molecule has 0 fully saturated rings. The first-order valence-corrected chi connectivity index (χ1v) is 7.42. The molecule has 1 aliphatic rings. The number of nitrogens with zero attached hydrogens (tertiary/aromatic N) is 2. The number of hydrogen-bond acceptors (Lipinski definition) is 5. The van der Waals surface area contributed by atoms with E-state index in [1.54, 1.807) is 6.07 Å². The molecule has 0 bridgehead atoms. The summed E-state index contributed by atoms with van der Waals surface area (Å²) in [5, 5.41) is 8.69. The molecule has 0 radical (unpaired) electrons. The number of likely N-dealkylation sites (N-methyl/N-ethyl adjacent to an activating group) is 2. The third-order valence-electron chi connectivity index (χ3n) is 3.09. The molecule has 0 saturated heterocycles. The summed E-state index contributed by atoms with van der Waals surface area (Å²) < 4.78 is 30.8. The second-order valence-electron chi connectivity index (χ2n) is 4.55. The van der Waals surface area contributed by atoms with Crippen molar-refractivity contribution in [1.29, 1.82) is 0 Å². The summed E-state index contributed by atoms with van der Waals surface area (Å²) in [5.41, 5.74) is 0.682. The summed E-state index contributed by atoms with van der Waals surface area (Å²) in [6, 6.07) is 4.51. The molecule has 1 heterocycles. The lowest BCUT2D eigenvalue weighted by Gasteiger charge is -2.28. The van der Waals surface area contributed by atoms with Gasteiger partial charge in [-0.2, -0.15) is 4.31 Å². The van der Waals surface area contributed by atoms with E-state index in [9.17, 15) is 13.2 Å². The third kappa shape index (κ3) is 2.70. The minimum absolute atomic E-state index is 0.0531. The van der Waals surface area contributed by atoms with Crippen LogP contribution in [-0.2, 0) is 14.8 Å². The highest BCUT2D eigenvalue weighted by Crippen LogP contribution is 2.33. The van der Waals surface area contributed by atoms with Crippen LogP contribution in [0, 0.1) is 0 Å². The number of carboxylic acids is 1. The lowest BCUT2D eigenvalue weighted by atomic mass is 10.2. The minimum Gasteiger partial charge on any atom is -0.490 e. The summed E-state index contributed by atoms with van der Waals surface area (Å²) in [5.74, 6) is -0.576. The summed E-state index contributed by atoms with van der Waals surface area (Å²) in [4.78, 5) is 12.6. The molecule has 0 aliphatic carbocycles. The Balaban J connectivity index is 2.38. The van der Waals surface area contributed by atoms with E-state index in [2.05, 4.69) is 0 Å². The van der Waals surface area contributed by atoms with Crippen LogP contribution in [0.4, 0.5) is 5.69 Å². The van der Waals surface area contributed by atoms with Gasteiger partial charge in [-0.3, -0.25) is 4.79 Å². The fraction of sp³-hybridized carbons (Fsp3) is 0.417. The van der Waals surface area contributed by atoms with E-state index in [0.717, 1.165) is 4.31 Å². The molecule has 1 aliphatic heterocycles. The molecule has 0 aromatic heterocycles. The zero-order valence-electron chi connectivity index (χ0n) is 11.2. The second kappa shape index (κ2) is 5.29. The van der Waals surface area contributed by atoms with Gasteiger partial charge in [-0.1, -0.05) is 0 Å². The zero-order chi connectivity index (χ0) is 14.9. The van der Waals surface area contributed by atoms with Gasteiger partial charge in [-0.05, 0) is 18.2 Å². The molecule has 20 heavy (non-hydrogen) atoms. The van der Waals surface area contributed by atoms with Gasteiger partial charge in [-0.25, -0.2) is 8.42 Å². The van der Waals surface area contributed by atoms with Crippen molar-refractivity contribution >= 4 is 21.7 Å². The Labute approximate surface area is 117 Å². The molecule has 0 spiro atoms. The summed E-state index contributed by atoms with van der Waals surface area (Å²) in [6.45, 7) is 0.641. The highest BCUT2D eigenvalue weighted by molar-refractivity contribution is 7.89. The Hall–Kier alpha value is -1.80. The van der Waals surface area contributed by atoms with E-state index < -0.39 is 22.5 Å². The van der Waals surface area contributed by atoms with Gasteiger partial charge < -0.3 is 14.7 Å². The fourth-order valence-electron chi connectivity index (χ4n) is 1.95. The molecule has 1 aromatic carbocycles. The van der Waals surface area contributed by atoms with Gasteiger partial charge in [0.15, 0.2) is 0 Å². The highest BCUT2D eigenvalue weighted by atomic mass is 32.2. The maximum Gasteiger partial charge on any atom is 0.318 e. The fourth-order valence-corrected chi connectivity index (χ4v) is 3.09. The maximum absolute atomic E-state index is 12.3. The van der Waals surface area contributed by atoms with Gasteiger partial charge in [0, 0.05) is 14.1 Å². The van der Waals surface area contributed by atoms with Crippen LogP contribution in [-0.4, -0.2) is 57.6 Å². The van der Waals surface area contributed by atoms with Crippen LogP contribution in [0.2, 0.25) is 0 Å². The molecule has 1 aromatic rings. The SMILES string of the molecule is CN1CCOc2ccc(S(=O)(=O)N(C)CC(=O)O)cc21. The Morgan fingerprint density at radius 3 is 2.85 bits per heavy atom. The van der Waals surface area contributed by atoms with E-state index >= 15 is 0 Å². The van der Waals surface area contributed by atoms with Crippen LogP contribution in [0.3, 0.4) is 0 Å². The molecule has 110 valence electrons. The molecular formula is C12H16N2O5S. The van der Waals surface area contributed by atoms with Gasteiger partial charge in [0.2, 0.25) is 10.0 Å². The van der Waals surface area contributed by atoms with Crippen LogP contribution in [0.15, 0.2) is 23.1 Å². The van der Waals surface area contributed by atoms with Gasteiger partial charge in [-0.15, -0.1) is 0 Å². The molecular weight excluding hydrogens is 284 g/mol. The number of aliphatic carboxylic acids is 1. The standard InChI is InChI=1S/C12H16N2O5S/c1-13-5-6-19-11-4-3-9(7-10(11)13)20(17,18)14(2)8-12(15)16/h3-4,7H,5-6,8H2,1-2H3,(H,15,16). The van der Waals surface area contributed by atoms with E-state index in [-0.39, 0.29) is 4.90 Å². The molecule has 7 nitrogen and oxygen atoms in total.